The Morgan fingerprint density at radius 1 is 1.00 bits per heavy atom. The van der Waals surface area contributed by atoms with Crippen LogP contribution in [0.3, 0.4) is 0 Å². The zero-order chi connectivity index (χ0) is 22.1. The van der Waals surface area contributed by atoms with Crippen LogP contribution in [0.25, 0.3) is 11.1 Å². The maximum atomic E-state index is 12.5. The molecule has 0 saturated carbocycles. The molecule has 31 heavy (non-hydrogen) atoms. The van der Waals surface area contributed by atoms with Crippen LogP contribution in [0.2, 0.25) is 0 Å². The van der Waals surface area contributed by atoms with E-state index < -0.39 is 0 Å². The summed E-state index contributed by atoms with van der Waals surface area (Å²) in [4.78, 5) is 26.6. The second-order valence-electron chi connectivity index (χ2n) is 7.76. The molecule has 0 unspecified atom stereocenters. The number of nitrogens with one attached hydrogen (secondary N) is 2. The van der Waals surface area contributed by atoms with E-state index in [1.165, 1.54) is 25.7 Å². The summed E-state index contributed by atoms with van der Waals surface area (Å²) < 4.78 is 0. The predicted molar refractivity (Wildman–Crippen MR) is 127 cm³/mol. The molecule has 5 nitrogen and oxygen atoms in total. The van der Waals surface area contributed by atoms with Gasteiger partial charge in [0, 0.05) is 18.5 Å². The first-order chi connectivity index (χ1) is 15.1. The van der Waals surface area contributed by atoms with Crippen LogP contribution in [0, 0.1) is 0 Å². The van der Waals surface area contributed by atoms with Crippen LogP contribution < -0.4 is 10.2 Å². The van der Waals surface area contributed by atoms with Gasteiger partial charge < -0.3 is 10.4 Å². The summed E-state index contributed by atoms with van der Waals surface area (Å²) in [6.07, 6.45) is 7.71. The number of carbonyl (C=O) groups excluding carboxylic acids is 1. The van der Waals surface area contributed by atoms with Crippen LogP contribution in [-0.4, -0.2) is 22.5 Å². The molecule has 1 amide bonds. The molecule has 0 atom stereocenters. The fraction of sp³-hybridized carbons (Fsp3) is 0.360. The maximum absolute atomic E-state index is 12.5. The van der Waals surface area contributed by atoms with Crippen molar-refractivity contribution in [1.29, 1.82) is 0 Å². The van der Waals surface area contributed by atoms with Gasteiger partial charge in [-0.25, -0.2) is 0 Å². The lowest BCUT2D eigenvalue weighted by Crippen LogP contribution is -2.24. The van der Waals surface area contributed by atoms with Gasteiger partial charge in [0.15, 0.2) is 0 Å². The largest absolute Gasteiger partial charge is 0.494 e. The van der Waals surface area contributed by atoms with E-state index in [-0.39, 0.29) is 16.7 Å². The first kappa shape index (κ1) is 22.8. The van der Waals surface area contributed by atoms with Crippen LogP contribution in [0.4, 0.5) is 0 Å². The monoisotopic (exact) mass is 438 g/mol. The smallest absolute Gasteiger partial charge is 0.307 e. The average molecular weight is 439 g/mol. The molecule has 3 N–H and O–H groups in total. The molecule has 6 heteroatoms. The van der Waals surface area contributed by atoms with E-state index in [2.05, 4.69) is 17.2 Å². The number of hydrogen-bond donors (Lipinski definition) is 3. The molecular weight excluding hydrogens is 408 g/mol. The fourth-order valence-electron chi connectivity index (χ4n) is 3.52. The minimum Gasteiger partial charge on any atom is -0.494 e. The van der Waals surface area contributed by atoms with Crippen molar-refractivity contribution in [3.8, 4) is 17.0 Å². The van der Waals surface area contributed by atoms with Gasteiger partial charge in [-0.2, -0.15) is 0 Å². The molecule has 0 radical (unpaired) electrons. The van der Waals surface area contributed by atoms with E-state index in [1.54, 1.807) is 0 Å². The number of aromatic nitrogens is 1. The molecule has 0 spiro atoms. The predicted octanol–water partition coefficient (Wildman–Crippen LogP) is 5.49. The van der Waals surface area contributed by atoms with Crippen molar-refractivity contribution in [2.75, 3.05) is 6.54 Å². The highest BCUT2D eigenvalue weighted by Gasteiger charge is 2.09. The van der Waals surface area contributed by atoms with Gasteiger partial charge in [0.1, 0.15) is 0 Å². The summed E-state index contributed by atoms with van der Waals surface area (Å²) in [6, 6.07) is 15.6. The number of thiazole rings is 1. The third-order valence-corrected chi connectivity index (χ3v) is 6.16. The van der Waals surface area contributed by atoms with Crippen LogP contribution in [0.5, 0.6) is 5.88 Å². The summed E-state index contributed by atoms with van der Waals surface area (Å²) in [5.74, 6) is -0.0939. The van der Waals surface area contributed by atoms with Crippen molar-refractivity contribution in [1.82, 2.24) is 10.3 Å². The molecule has 0 fully saturated rings. The molecule has 2 aromatic carbocycles. The third-order valence-electron chi connectivity index (χ3n) is 5.29. The number of benzene rings is 2. The van der Waals surface area contributed by atoms with Crippen molar-refractivity contribution in [2.45, 2.75) is 51.9 Å². The Morgan fingerprint density at radius 3 is 2.45 bits per heavy atom. The van der Waals surface area contributed by atoms with Crippen molar-refractivity contribution >= 4 is 17.2 Å². The molecule has 0 aliphatic carbocycles. The van der Waals surface area contributed by atoms with E-state index in [0.717, 1.165) is 40.9 Å². The lowest BCUT2D eigenvalue weighted by atomic mass is 10.0. The number of amides is 1. The summed E-state index contributed by atoms with van der Waals surface area (Å²) >= 11 is 1.02. The van der Waals surface area contributed by atoms with Crippen LogP contribution in [0.15, 0.2) is 53.3 Å². The molecule has 164 valence electrons. The van der Waals surface area contributed by atoms with E-state index in [0.29, 0.717) is 23.4 Å². The van der Waals surface area contributed by atoms with Gasteiger partial charge in [0.2, 0.25) is 5.88 Å². The molecule has 3 rings (SSSR count). The van der Waals surface area contributed by atoms with Gasteiger partial charge in [-0.15, -0.1) is 0 Å². The Labute approximate surface area is 187 Å². The van der Waals surface area contributed by atoms with Crippen molar-refractivity contribution in [3.05, 3.63) is 74.2 Å². The molecule has 3 aromatic rings. The minimum atomic E-state index is -0.254. The van der Waals surface area contributed by atoms with Gasteiger partial charge in [0.05, 0.1) is 4.88 Å². The van der Waals surface area contributed by atoms with Gasteiger partial charge in [-0.3, -0.25) is 14.6 Å². The zero-order valence-corrected chi connectivity index (χ0v) is 18.8. The van der Waals surface area contributed by atoms with Gasteiger partial charge in [0.25, 0.3) is 5.91 Å². The average Bonchev–Trinajstić information content (AvgIpc) is 3.10. The number of aromatic amines is 1. The molecule has 0 aliphatic rings. The van der Waals surface area contributed by atoms with Gasteiger partial charge in [-0.1, -0.05) is 86.8 Å². The highest BCUT2D eigenvalue weighted by atomic mass is 32.1. The highest BCUT2D eigenvalue weighted by Crippen LogP contribution is 2.24. The topological polar surface area (TPSA) is 82.2 Å². The van der Waals surface area contributed by atoms with Crippen LogP contribution >= 0.6 is 11.3 Å². The Kier molecular flexibility index (Phi) is 8.47. The number of aromatic hydroxyl groups is 1. The van der Waals surface area contributed by atoms with Gasteiger partial charge in [-0.05, 0) is 35.2 Å². The Hall–Kier alpha value is -2.86. The number of rotatable bonds is 11. The van der Waals surface area contributed by atoms with E-state index in [9.17, 15) is 14.7 Å². The van der Waals surface area contributed by atoms with Crippen LogP contribution in [-0.2, 0) is 6.42 Å². The first-order valence-electron chi connectivity index (χ1n) is 11.0. The van der Waals surface area contributed by atoms with E-state index in [1.807, 2.05) is 48.5 Å². The zero-order valence-electron chi connectivity index (χ0n) is 17.9. The summed E-state index contributed by atoms with van der Waals surface area (Å²) in [7, 11) is 0. The van der Waals surface area contributed by atoms with Crippen LogP contribution in [0.1, 0.15) is 66.2 Å². The summed E-state index contributed by atoms with van der Waals surface area (Å²) in [5, 5.41) is 12.8. The Bertz CT molecular complexity index is 1040. The quantitative estimate of drug-likeness (QED) is 0.346. The number of unbranched alkanes of at least 4 members (excludes halogenated alkanes) is 5. The van der Waals surface area contributed by atoms with Gasteiger partial charge >= 0.3 is 4.87 Å². The Morgan fingerprint density at radius 2 is 1.74 bits per heavy atom. The summed E-state index contributed by atoms with van der Waals surface area (Å²) in [6.45, 7) is 2.92. The maximum Gasteiger partial charge on any atom is 0.307 e. The highest BCUT2D eigenvalue weighted by molar-refractivity contribution is 7.09. The second-order valence-corrected chi connectivity index (χ2v) is 8.83. The first-order valence-corrected chi connectivity index (χ1v) is 11.8. The molecule has 0 saturated heterocycles. The molecule has 0 bridgehead atoms. The minimum absolute atomic E-state index is 0.0372. The molecular formula is C25H30N2O3S. The number of carbonyl (C=O) groups is 1. The molecule has 0 aliphatic heterocycles. The lowest BCUT2D eigenvalue weighted by Gasteiger charge is -2.08. The van der Waals surface area contributed by atoms with E-state index in [4.69, 9.17) is 0 Å². The number of H-pyrrole nitrogens is 1. The molecule has 1 aromatic heterocycles. The Balaban J connectivity index is 1.56. The SMILES string of the molecule is CCCCCCCCNC(=O)c1cccc(-c2ccc(Cc3sc(=O)[nH]c3O)cc2)c1. The molecule has 1 heterocycles. The standard InChI is InChI=1S/C25H30N2O3S/c1-2-3-4-5-6-7-15-26-23(28)21-10-8-9-20(17-21)19-13-11-18(12-14-19)16-22-24(29)27-25(30)31-22/h8-14,17,29H,2-7,15-16H2,1H3,(H,26,28)(H,27,30). The second kappa shape index (κ2) is 11.5. The lowest BCUT2D eigenvalue weighted by molar-refractivity contribution is 0.0953. The fourth-order valence-corrected chi connectivity index (χ4v) is 4.28. The number of hydrogen-bond acceptors (Lipinski definition) is 4. The summed E-state index contributed by atoms with van der Waals surface area (Å²) in [5.41, 5.74) is 3.66. The van der Waals surface area contributed by atoms with Crippen molar-refractivity contribution < 1.29 is 9.90 Å². The van der Waals surface area contributed by atoms with E-state index >= 15 is 0 Å². The normalized spacial score (nSPS) is 10.9. The van der Waals surface area contributed by atoms with Crippen molar-refractivity contribution in [2.24, 2.45) is 0 Å². The third kappa shape index (κ3) is 6.82. The van der Waals surface area contributed by atoms with Crippen molar-refractivity contribution in [3.63, 3.8) is 0 Å².